The first-order valence-corrected chi connectivity index (χ1v) is 5.98. The fraction of sp³-hybridized carbons (Fsp3) is 0.308. The number of rotatable bonds is 4. The van der Waals surface area contributed by atoms with Crippen molar-refractivity contribution >= 4 is 11.6 Å². The van der Waals surface area contributed by atoms with Crippen molar-refractivity contribution < 1.29 is 0 Å². The minimum absolute atomic E-state index is 0.739. The zero-order valence-electron chi connectivity index (χ0n) is 9.36. The molecule has 0 spiro atoms. The molecule has 0 saturated carbocycles. The second-order valence-corrected chi connectivity index (χ2v) is 4.27. The maximum absolute atomic E-state index is 5.94. The minimum Gasteiger partial charge on any atom is -0.241 e. The summed E-state index contributed by atoms with van der Waals surface area (Å²) < 4.78 is 1.87. The predicted molar refractivity (Wildman–Crippen MR) is 67.2 cm³/mol. The topological polar surface area (TPSA) is 17.8 Å². The summed E-state index contributed by atoms with van der Waals surface area (Å²) in [4.78, 5) is 0. The Morgan fingerprint density at radius 2 is 2.19 bits per heavy atom. The van der Waals surface area contributed by atoms with Crippen molar-refractivity contribution in [2.24, 2.45) is 0 Å². The van der Waals surface area contributed by atoms with Crippen LogP contribution in [-0.2, 0) is 6.42 Å². The number of aryl methyl sites for hydroxylation is 1. The highest BCUT2D eigenvalue weighted by atomic mass is 35.5. The van der Waals surface area contributed by atoms with Crippen molar-refractivity contribution in [2.45, 2.75) is 26.2 Å². The molecular weight excluding hydrogens is 220 g/mol. The molecule has 2 aromatic rings. The Balaban J connectivity index is 2.18. The van der Waals surface area contributed by atoms with E-state index in [1.807, 2.05) is 35.1 Å². The van der Waals surface area contributed by atoms with Crippen LogP contribution < -0.4 is 0 Å². The van der Waals surface area contributed by atoms with Crippen molar-refractivity contribution in [3.8, 4) is 5.69 Å². The maximum atomic E-state index is 5.94. The summed E-state index contributed by atoms with van der Waals surface area (Å²) >= 11 is 5.94. The van der Waals surface area contributed by atoms with Crippen molar-refractivity contribution in [3.63, 3.8) is 0 Å². The summed E-state index contributed by atoms with van der Waals surface area (Å²) in [5, 5.41) is 5.26. The Morgan fingerprint density at radius 1 is 1.31 bits per heavy atom. The van der Waals surface area contributed by atoms with Crippen LogP contribution in [0.1, 0.15) is 25.5 Å². The lowest BCUT2D eigenvalue weighted by Gasteiger charge is -2.01. The van der Waals surface area contributed by atoms with Crippen LogP contribution in [0.15, 0.2) is 36.5 Å². The third-order valence-corrected chi connectivity index (χ3v) is 2.74. The van der Waals surface area contributed by atoms with E-state index in [0.717, 1.165) is 22.8 Å². The molecule has 16 heavy (non-hydrogen) atoms. The molecule has 0 aliphatic rings. The summed E-state index contributed by atoms with van der Waals surface area (Å²) in [6.45, 7) is 2.19. The van der Waals surface area contributed by atoms with Gasteiger partial charge in [-0.15, -0.1) is 0 Å². The second-order valence-electron chi connectivity index (χ2n) is 3.84. The average Bonchev–Trinajstić information content (AvgIpc) is 2.75. The molecule has 0 amide bonds. The number of hydrogen-bond donors (Lipinski definition) is 0. The zero-order chi connectivity index (χ0) is 11.4. The third kappa shape index (κ3) is 2.64. The van der Waals surface area contributed by atoms with Gasteiger partial charge in [0.1, 0.15) is 0 Å². The molecule has 0 fully saturated rings. The van der Waals surface area contributed by atoms with Crippen molar-refractivity contribution in [1.82, 2.24) is 9.78 Å². The van der Waals surface area contributed by atoms with E-state index in [9.17, 15) is 0 Å². The van der Waals surface area contributed by atoms with Crippen molar-refractivity contribution in [3.05, 3.63) is 47.2 Å². The normalized spacial score (nSPS) is 10.6. The second kappa shape index (κ2) is 5.17. The van der Waals surface area contributed by atoms with Gasteiger partial charge in [-0.05, 0) is 37.1 Å². The highest BCUT2D eigenvalue weighted by Gasteiger charge is 2.01. The first-order valence-electron chi connectivity index (χ1n) is 5.60. The van der Waals surface area contributed by atoms with E-state index in [1.54, 1.807) is 0 Å². The molecule has 1 aromatic heterocycles. The Hall–Kier alpha value is -1.28. The van der Waals surface area contributed by atoms with Gasteiger partial charge in [-0.3, -0.25) is 0 Å². The lowest BCUT2D eigenvalue weighted by Crippen LogP contribution is -1.96. The summed E-state index contributed by atoms with van der Waals surface area (Å²) in [7, 11) is 0. The van der Waals surface area contributed by atoms with E-state index >= 15 is 0 Å². The number of halogens is 1. The molecule has 3 heteroatoms. The molecule has 0 N–H and O–H groups in total. The quantitative estimate of drug-likeness (QED) is 0.785. The van der Waals surface area contributed by atoms with E-state index in [0.29, 0.717) is 0 Å². The molecule has 0 radical (unpaired) electrons. The van der Waals surface area contributed by atoms with E-state index < -0.39 is 0 Å². The maximum Gasteiger partial charge on any atom is 0.0660 e. The van der Waals surface area contributed by atoms with Gasteiger partial charge in [0, 0.05) is 11.2 Å². The number of unbranched alkanes of at least 4 members (excludes halogenated alkanes) is 1. The third-order valence-electron chi connectivity index (χ3n) is 2.50. The minimum atomic E-state index is 0.739. The van der Waals surface area contributed by atoms with E-state index in [4.69, 9.17) is 11.6 Å². The summed E-state index contributed by atoms with van der Waals surface area (Å²) in [6.07, 6.45) is 5.41. The van der Waals surface area contributed by atoms with Crippen LogP contribution in [0.2, 0.25) is 5.02 Å². The standard InChI is InChI=1S/C13H15ClN2/c1-2-3-6-12-8-9-16(15-12)13-7-4-5-11(14)10-13/h4-5,7-10H,2-3,6H2,1H3. The Labute approximate surface area is 101 Å². The first-order chi connectivity index (χ1) is 7.79. The van der Waals surface area contributed by atoms with Gasteiger partial charge in [0.25, 0.3) is 0 Å². The highest BCUT2D eigenvalue weighted by molar-refractivity contribution is 6.30. The zero-order valence-corrected chi connectivity index (χ0v) is 10.1. The van der Waals surface area contributed by atoms with Crippen LogP contribution in [0.5, 0.6) is 0 Å². The van der Waals surface area contributed by atoms with Gasteiger partial charge in [0.05, 0.1) is 11.4 Å². The summed E-state index contributed by atoms with van der Waals surface area (Å²) in [6, 6.07) is 9.79. The Bertz CT molecular complexity index is 462. The number of nitrogens with zero attached hydrogens (tertiary/aromatic N) is 2. The van der Waals surface area contributed by atoms with Crippen LogP contribution in [0.3, 0.4) is 0 Å². The van der Waals surface area contributed by atoms with Crippen LogP contribution in [0.25, 0.3) is 5.69 Å². The van der Waals surface area contributed by atoms with Crippen LogP contribution >= 0.6 is 11.6 Å². The van der Waals surface area contributed by atoms with Crippen LogP contribution in [0.4, 0.5) is 0 Å². The Morgan fingerprint density at radius 3 is 2.94 bits per heavy atom. The predicted octanol–water partition coefficient (Wildman–Crippen LogP) is 3.87. The molecule has 0 saturated heterocycles. The van der Waals surface area contributed by atoms with Gasteiger partial charge in [-0.1, -0.05) is 31.0 Å². The van der Waals surface area contributed by atoms with Crippen molar-refractivity contribution in [1.29, 1.82) is 0 Å². The van der Waals surface area contributed by atoms with E-state index in [-0.39, 0.29) is 0 Å². The molecule has 1 heterocycles. The van der Waals surface area contributed by atoms with E-state index in [2.05, 4.69) is 18.1 Å². The van der Waals surface area contributed by atoms with Crippen molar-refractivity contribution in [2.75, 3.05) is 0 Å². The fourth-order valence-electron chi connectivity index (χ4n) is 1.62. The number of aromatic nitrogens is 2. The summed E-state index contributed by atoms with van der Waals surface area (Å²) in [5.74, 6) is 0. The van der Waals surface area contributed by atoms with Gasteiger partial charge in [0.2, 0.25) is 0 Å². The molecule has 0 aliphatic heterocycles. The molecule has 1 aromatic carbocycles. The summed E-state index contributed by atoms with van der Waals surface area (Å²) in [5.41, 5.74) is 2.15. The molecule has 84 valence electrons. The molecule has 0 unspecified atom stereocenters. The highest BCUT2D eigenvalue weighted by Crippen LogP contribution is 2.14. The number of benzene rings is 1. The monoisotopic (exact) mass is 234 g/mol. The molecule has 2 rings (SSSR count). The lowest BCUT2D eigenvalue weighted by atomic mass is 10.2. The largest absolute Gasteiger partial charge is 0.241 e. The Kier molecular flexibility index (Phi) is 3.62. The number of hydrogen-bond acceptors (Lipinski definition) is 1. The molecule has 2 nitrogen and oxygen atoms in total. The average molecular weight is 235 g/mol. The van der Waals surface area contributed by atoms with Gasteiger partial charge in [0.15, 0.2) is 0 Å². The van der Waals surface area contributed by atoms with Gasteiger partial charge < -0.3 is 0 Å². The lowest BCUT2D eigenvalue weighted by molar-refractivity contribution is 0.752. The molecule has 0 atom stereocenters. The molecule has 0 aliphatic carbocycles. The van der Waals surface area contributed by atoms with E-state index in [1.165, 1.54) is 12.8 Å². The smallest absolute Gasteiger partial charge is 0.0660 e. The van der Waals surface area contributed by atoms with Gasteiger partial charge in [-0.2, -0.15) is 5.10 Å². The first kappa shape index (κ1) is 11.2. The van der Waals surface area contributed by atoms with Crippen LogP contribution in [-0.4, -0.2) is 9.78 Å². The van der Waals surface area contributed by atoms with Gasteiger partial charge in [-0.25, -0.2) is 4.68 Å². The molecular formula is C13H15ClN2. The molecule has 0 bridgehead atoms. The fourth-order valence-corrected chi connectivity index (χ4v) is 1.80. The SMILES string of the molecule is CCCCc1ccn(-c2cccc(Cl)c2)n1. The van der Waals surface area contributed by atoms with Gasteiger partial charge >= 0.3 is 0 Å². The van der Waals surface area contributed by atoms with Crippen LogP contribution in [0, 0.1) is 0 Å².